The van der Waals surface area contributed by atoms with Crippen molar-refractivity contribution in [1.29, 1.82) is 5.26 Å². The van der Waals surface area contributed by atoms with Crippen LogP contribution in [0.15, 0.2) is 6.07 Å². The molecule has 4 aliphatic rings. The van der Waals surface area contributed by atoms with Crippen LogP contribution in [-0.4, -0.2) is 81.2 Å². The first kappa shape index (κ1) is 30.0. The summed E-state index contributed by atoms with van der Waals surface area (Å²) in [5, 5.41) is 13.8. The van der Waals surface area contributed by atoms with Gasteiger partial charge in [0.1, 0.15) is 11.8 Å². The summed E-state index contributed by atoms with van der Waals surface area (Å²) in [5.41, 5.74) is 5.24. The third-order valence-corrected chi connectivity index (χ3v) is 9.36. The zero-order chi connectivity index (χ0) is 31.4. The van der Waals surface area contributed by atoms with Crippen LogP contribution in [0.2, 0.25) is 0 Å². The average molecular weight is 607 g/mol. The third kappa shape index (κ3) is 4.53. The molecule has 2 aromatic rings. The molecule has 0 spiro atoms. The molecule has 0 aliphatic carbocycles. The molecule has 5 atom stereocenters. The fraction of sp³-hybridized carbons (Fsp3) is 0.531. The summed E-state index contributed by atoms with van der Waals surface area (Å²) in [7, 11) is 5.24. The van der Waals surface area contributed by atoms with Crippen molar-refractivity contribution in [3.05, 3.63) is 39.4 Å². The molecule has 2 bridgehead atoms. The molecule has 0 radical (unpaired) electrons. The first-order valence-corrected chi connectivity index (χ1v) is 14.7. The van der Waals surface area contributed by atoms with E-state index in [0.29, 0.717) is 47.2 Å². The number of piperazine rings is 1. The summed E-state index contributed by atoms with van der Waals surface area (Å²) in [5.74, 6) is 2.09. The molecule has 4 aliphatic heterocycles. The largest absolute Gasteiger partial charge is 0.493 e. The molecule has 2 aromatic carbocycles. The minimum Gasteiger partial charge on any atom is -0.493 e. The van der Waals surface area contributed by atoms with Crippen molar-refractivity contribution in [2.24, 2.45) is 0 Å². The van der Waals surface area contributed by atoms with Gasteiger partial charge in [0.2, 0.25) is 12.7 Å². The average Bonchev–Trinajstić information content (AvgIpc) is 3.47. The van der Waals surface area contributed by atoms with Crippen molar-refractivity contribution in [2.45, 2.75) is 70.7 Å². The maximum atomic E-state index is 12.4. The smallest absolute Gasteiger partial charge is 0.308 e. The highest BCUT2D eigenvalue weighted by Crippen LogP contribution is 2.58. The molecule has 6 rings (SSSR count). The Morgan fingerprint density at radius 2 is 1.82 bits per heavy atom. The minimum atomic E-state index is -0.525. The zero-order valence-electron chi connectivity index (χ0n) is 26.1. The van der Waals surface area contributed by atoms with E-state index in [1.165, 1.54) is 13.8 Å². The van der Waals surface area contributed by atoms with Gasteiger partial charge in [0.25, 0.3) is 0 Å². The summed E-state index contributed by atoms with van der Waals surface area (Å²) >= 11 is 0. The lowest BCUT2D eigenvalue weighted by atomic mass is 9.71. The molecule has 44 heavy (non-hydrogen) atoms. The number of hydrogen-bond acceptors (Lipinski definition) is 11. The van der Waals surface area contributed by atoms with Gasteiger partial charge in [-0.15, -0.1) is 0 Å². The SMILES string of the molecule is COCOc1c(OC)c(C)cc2c1C1[C@@H]3Cc4c(OC(C)=O)c(C)c5c(c4[C@H](CNC(C)=O)N3[C@@H](C#N)C(C2)N1C)OCO5. The van der Waals surface area contributed by atoms with Gasteiger partial charge >= 0.3 is 5.97 Å². The molecule has 4 heterocycles. The van der Waals surface area contributed by atoms with E-state index in [1.54, 1.807) is 14.2 Å². The molecule has 0 saturated carbocycles. The van der Waals surface area contributed by atoms with Gasteiger partial charge in [0.05, 0.1) is 25.3 Å². The number of nitrogens with zero attached hydrogens (tertiary/aromatic N) is 3. The lowest BCUT2D eigenvalue weighted by molar-refractivity contribution is -0.132. The number of nitrogens with one attached hydrogen (secondary N) is 1. The van der Waals surface area contributed by atoms with E-state index in [-0.39, 0.29) is 44.2 Å². The van der Waals surface area contributed by atoms with Gasteiger partial charge in [0.15, 0.2) is 29.8 Å². The summed E-state index contributed by atoms with van der Waals surface area (Å²) in [6.45, 7) is 6.95. The van der Waals surface area contributed by atoms with Gasteiger partial charge in [-0.1, -0.05) is 6.07 Å². The predicted molar refractivity (Wildman–Crippen MR) is 157 cm³/mol. The number of ether oxygens (including phenoxy) is 6. The monoisotopic (exact) mass is 606 g/mol. The van der Waals surface area contributed by atoms with Crippen molar-refractivity contribution in [1.82, 2.24) is 15.1 Å². The number of esters is 1. The molecule has 1 saturated heterocycles. The second-order valence-corrected chi connectivity index (χ2v) is 11.8. The van der Waals surface area contributed by atoms with Crippen LogP contribution in [0.25, 0.3) is 0 Å². The summed E-state index contributed by atoms with van der Waals surface area (Å²) in [6, 6.07) is 3.08. The second-order valence-electron chi connectivity index (χ2n) is 11.8. The van der Waals surface area contributed by atoms with Crippen molar-refractivity contribution in [3.8, 4) is 34.8 Å². The highest BCUT2D eigenvalue weighted by atomic mass is 16.7. The lowest BCUT2D eigenvalue weighted by Gasteiger charge is -2.60. The number of likely N-dealkylation sites (N-methyl/N-ethyl adjacent to an activating group) is 1. The van der Waals surface area contributed by atoms with E-state index in [0.717, 1.165) is 27.8 Å². The van der Waals surface area contributed by atoms with E-state index in [1.807, 2.05) is 20.9 Å². The summed E-state index contributed by atoms with van der Waals surface area (Å²) < 4.78 is 35.2. The zero-order valence-corrected chi connectivity index (χ0v) is 26.1. The van der Waals surface area contributed by atoms with E-state index >= 15 is 0 Å². The van der Waals surface area contributed by atoms with Crippen molar-refractivity contribution in [2.75, 3.05) is 41.4 Å². The molecule has 1 amide bonds. The Morgan fingerprint density at radius 3 is 2.48 bits per heavy atom. The number of aryl methyl sites for hydroxylation is 1. The lowest BCUT2D eigenvalue weighted by Crippen LogP contribution is -2.68. The Labute approximate surface area is 256 Å². The molecular formula is C32H38N4O8. The van der Waals surface area contributed by atoms with Crippen molar-refractivity contribution < 1.29 is 38.0 Å². The topological polar surface area (TPSA) is 132 Å². The van der Waals surface area contributed by atoms with E-state index < -0.39 is 18.1 Å². The number of carbonyl (C=O) groups excluding carboxylic acids is 2. The number of carbonyl (C=O) groups is 2. The fourth-order valence-electron chi connectivity index (χ4n) is 7.79. The first-order chi connectivity index (χ1) is 21.1. The first-order valence-electron chi connectivity index (χ1n) is 14.7. The Bertz CT molecular complexity index is 1570. The van der Waals surface area contributed by atoms with E-state index in [9.17, 15) is 14.9 Å². The van der Waals surface area contributed by atoms with E-state index in [4.69, 9.17) is 28.4 Å². The van der Waals surface area contributed by atoms with Crippen LogP contribution in [0.3, 0.4) is 0 Å². The quantitative estimate of drug-likeness (QED) is 0.284. The molecule has 1 N–H and O–H groups in total. The summed E-state index contributed by atoms with van der Waals surface area (Å²) in [6.07, 6.45) is 1.05. The normalized spacial score (nSPS) is 24.8. The maximum absolute atomic E-state index is 12.4. The number of amides is 1. The van der Waals surface area contributed by atoms with Crippen LogP contribution in [0.4, 0.5) is 0 Å². The van der Waals surface area contributed by atoms with Gasteiger partial charge in [-0.05, 0) is 44.9 Å². The fourth-order valence-corrected chi connectivity index (χ4v) is 7.79. The molecule has 2 unspecified atom stereocenters. The number of methoxy groups -OCH3 is 2. The minimum absolute atomic E-state index is 0.0187. The highest BCUT2D eigenvalue weighted by molar-refractivity contribution is 5.75. The van der Waals surface area contributed by atoms with E-state index in [2.05, 4.69) is 27.3 Å². The van der Waals surface area contributed by atoms with Gasteiger partial charge < -0.3 is 33.7 Å². The van der Waals surface area contributed by atoms with Gasteiger partial charge in [-0.2, -0.15) is 5.26 Å². The van der Waals surface area contributed by atoms with Gasteiger partial charge in [-0.25, -0.2) is 0 Å². The van der Waals surface area contributed by atoms with Crippen molar-refractivity contribution in [3.63, 3.8) is 0 Å². The molecular weight excluding hydrogens is 568 g/mol. The maximum Gasteiger partial charge on any atom is 0.308 e. The molecule has 234 valence electrons. The van der Waals surface area contributed by atoms with Crippen LogP contribution in [0, 0.1) is 25.2 Å². The Morgan fingerprint density at radius 1 is 1.07 bits per heavy atom. The number of nitriles is 1. The van der Waals surface area contributed by atoms with Crippen LogP contribution >= 0.6 is 0 Å². The summed E-state index contributed by atoms with van der Waals surface area (Å²) in [4.78, 5) is 29.2. The van der Waals surface area contributed by atoms with Crippen LogP contribution in [-0.2, 0) is 27.2 Å². The van der Waals surface area contributed by atoms with Crippen LogP contribution in [0.1, 0.15) is 59.3 Å². The molecule has 12 heteroatoms. The Kier molecular flexibility index (Phi) is 7.82. The van der Waals surface area contributed by atoms with Gasteiger partial charge in [-0.3, -0.25) is 19.4 Å². The standard InChI is InChI=1S/C32H38N4O8/c1-15-8-19-9-21-23(11-33)36-22(27(35(21)5)25(19)31(28(15)40-7)41-13-39-6)10-20-26(24(36)12-34-17(3)37)32-30(42-14-43-32)16(2)29(20)44-18(4)38/h8,21-24,27H,9-10,12-14H2,1-7H3,(H,34,37)/t21?,22-,23-,24-,27?/m0/s1. The Hall–Kier alpha value is -4.05. The molecule has 1 fully saturated rings. The number of hydrogen-bond donors (Lipinski definition) is 1. The second kappa shape index (κ2) is 11.5. The molecule has 0 aromatic heterocycles. The van der Waals surface area contributed by atoms with Crippen LogP contribution < -0.4 is 29.0 Å². The predicted octanol–water partition coefficient (Wildman–Crippen LogP) is 2.86. The highest BCUT2D eigenvalue weighted by Gasteiger charge is 2.57. The number of rotatable bonds is 7. The van der Waals surface area contributed by atoms with Crippen LogP contribution in [0.5, 0.6) is 28.7 Å². The number of fused-ring (bicyclic) bond motifs is 9. The van der Waals surface area contributed by atoms with Crippen molar-refractivity contribution >= 4 is 11.9 Å². The molecule has 12 nitrogen and oxygen atoms in total. The Balaban J connectivity index is 1.62. The third-order valence-electron chi connectivity index (χ3n) is 9.36. The van der Waals surface area contributed by atoms with Gasteiger partial charge in [0, 0.05) is 61.8 Å². The number of benzene rings is 2.